The minimum Gasteiger partial charge on any atom is -0.495 e. The van der Waals surface area contributed by atoms with Gasteiger partial charge in [0.15, 0.2) is 0 Å². The summed E-state index contributed by atoms with van der Waals surface area (Å²) in [6.45, 7) is 2.11. The molecule has 0 bridgehead atoms. The number of anilines is 1. The van der Waals surface area contributed by atoms with Gasteiger partial charge in [-0.25, -0.2) is 17.8 Å². The third-order valence-corrected chi connectivity index (χ3v) is 7.00. The van der Waals surface area contributed by atoms with E-state index in [0.717, 1.165) is 18.4 Å². The van der Waals surface area contributed by atoms with E-state index >= 15 is 0 Å². The van der Waals surface area contributed by atoms with Gasteiger partial charge in [-0.05, 0) is 43.5 Å². The zero-order valence-electron chi connectivity index (χ0n) is 17.6. The van der Waals surface area contributed by atoms with Crippen LogP contribution >= 0.6 is 11.6 Å². The molecule has 4 rings (SSSR count). The van der Waals surface area contributed by atoms with Gasteiger partial charge < -0.3 is 10.1 Å². The molecule has 0 aliphatic heterocycles. The van der Waals surface area contributed by atoms with Crippen LogP contribution in [-0.4, -0.2) is 37.3 Å². The summed E-state index contributed by atoms with van der Waals surface area (Å²) in [6.07, 6.45) is 1.65. The van der Waals surface area contributed by atoms with Gasteiger partial charge in [-0.3, -0.25) is 4.79 Å². The summed E-state index contributed by atoms with van der Waals surface area (Å²) in [7, 11) is -2.25. The number of sulfonamides is 1. The standard InChI is InChI=1S/C22H23ClN4O4S/c1-14-20(21(23)27(25-14)13-15-6-4-3-5-7-15)22(28)24-18-12-17(10-11-19(18)31-2)32(29,30)26-16-8-9-16/h3-7,10-12,16,26H,8-9,13H2,1-2H3,(H,24,28). The van der Waals surface area contributed by atoms with Crippen molar-refractivity contribution in [3.63, 3.8) is 0 Å². The minimum absolute atomic E-state index is 0.0305. The Hall–Kier alpha value is -2.88. The van der Waals surface area contributed by atoms with E-state index in [2.05, 4.69) is 15.1 Å². The SMILES string of the molecule is COc1ccc(S(=O)(=O)NC2CC2)cc1NC(=O)c1c(C)nn(Cc2ccccc2)c1Cl. The zero-order chi connectivity index (χ0) is 22.9. The lowest BCUT2D eigenvalue weighted by atomic mass is 10.2. The number of aromatic nitrogens is 2. The quantitative estimate of drug-likeness (QED) is 0.519. The molecule has 10 heteroatoms. The molecule has 32 heavy (non-hydrogen) atoms. The molecule has 1 heterocycles. The molecule has 3 aromatic rings. The molecule has 8 nitrogen and oxygen atoms in total. The summed E-state index contributed by atoms with van der Waals surface area (Å²) >= 11 is 6.48. The summed E-state index contributed by atoms with van der Waals surface area (Å²) in [5.41, 5.74) is 1.89. The molecule has 0 unspecified atom stereocenters. The van der Waals surface area contributed by atoms with E-state index in [1.54, 1.807) is 11.6 Å². The number of amides is 1. The second-order valence-electron chi connectivity index (χ2n) is 7.61. The highest BCUT2D eigenvalue weighted by molar-refractivity contribution is 7.89. The number of halogens is 1. The fourth-order valence-corrected chi connectivity index (χ4v) is 4.95. The summed E-state index contributed by atoms with van der Waals surface area (Å²) in [6, 6.07) is 13.9. The maximum absolute atomic E-state index is 13.1. The van der Waals surface area contributed by atoms with Crippen molar-refractivity contribution < 1.29 is 17.9 Å². The second-order valence-corrected chi connectivity index (χ2v) is 9.68. The van der Waals surface area contributed by atoms with Crippen LogP contribution in [0.2, 0.25) is 5.15 Å². The van der Waals surface area contributed by atoms with Crippen molar-refractivity contribution in [2.24, 2.45) is 0 Å². The van der Waals surface area contributed by atoms with Gasteiger partial charge in [-0.2, -0.15) is 5.10 Å². The highest BCUT2D eigenvalue weighted by Gasteiger charge is 2.29. The number of carbonyl (C=O) groups is 1. The van der Waals surface area contributed by atoms with Crippen LogP contribution in [-0.2, 0) is 16.6 Å². The molecule has 1 fully saturated rings. The molecule has 1 aliphatic rings. The van der Waals surface area contributed by atoms with E-state index in [-0.39, 0.29) is 27.3 Å². The molecule has 168 valence electrons. The first-order valence-electron chi connectivity index (χ1n) is 10.1. The minimum atomic E-state index is -3.69. The summed E-state index contributed by atoms with van der Waals surface area (Å²) in [5, 5.41) is 7.31. The maximum atomic E-state index is 13.1. The molecule has 1 aliphatic carbocycles. The van der Waals surface area contributed by atoms with Gasteiger partial charge >= 0.3 is 0 Å². The number of benzene rings is 2. The Morgan fingerprint density at radius 3 is 2.59 bits per heavy atom. The van der Waals surface area contributed by atoms with Gasteiger partial charge in [0.1, 0.15) is 10.9 Å². The van der Waals surface area contributed by atoms with Crippen molar-refractivity contribution in [2.75, 3.05) is 12.4 Å². The molecule has 0 saturated heterocycles. The van der Waals surface area contributed by atoms with Crippen LogP contribution in [0.25, 0.3) is 0 Å². The molecule has 0 spiro atoms. The molecular weight excluding hydrogens is 452 g/mol. The van der Waals surface area contributed by atoms with Crippen LogP contribution in [0.3, 0.4) is 0 Å². The molecule has 0 atom stereocenters. The largest absolute Gasteiger partial charge is 0.495 e. The Bertz CT molecular complexity index is 1250. The molecular formula is C22H23ClN4O4S. The Morgan fingerprint density at radius 2 is 1.94 bits per heavy atom. The predicted molar refractivity (Wildman–Crippen MR) is 122 cm³/mol. The summed E-state index contributed by atoms with van der Waals surface area (Å²) < 4.78 is 34.6. The fourth-order valence-electron chi connectivity index (χ4n) is 3.30. The fraction of sp³-hybridized carbons (Fsp3) is 0.273. The normalized spacial score (nSPS) is 13.7. The molecule has 1 saturated carbocycles. The van der Waals surface area contributed by atoms with Gasteiger partial charge in [-0.15, -0.1) is 0 Å². The highest BCUT2D eigenvalue weighted by Crippen LogP contribution is 2.30. The molecule has 0 radical (unpaired) electrons. The van der Waals surface area contributed by atoms with E-state index in [1.807, 2.05) is 30.3 Å². The first-order valence-corrected chi connectivity index (χ1v) is 11.9. The van der Waals surface area contributed by atoms with Gasteiger partial charge in [-0.1, -0.05) is 41.9 Å². The summed E-state index contributed by atoms with van der Waals surface area (Å²) in [4.78, 5) is 13.1. The second kappa shape index (κ2) is 8.93. The third kappa shape index (κ3) is 4.79. The average Bonchev–Trinajstić information content (AvgIpc) is 3.52. The molecule has 1 aromatic heterocycles. The highest BCUT2D eigenvalue weighted by atomic mass is 35.5. The average molecular weight is 475 g/mol. The van der Waals surface area contributed by atoms with Crippen LogP contribution < -0.4 is 14.8 Å². The Labute approximate surface area is 191 Å². The van der Waals surface area contributed by atoms with E-state index < -0.39 is 15.9 Å². The Balaban J connectivity index is 1.60. The summed E-state index contributed by atoms with van der Waals surface area (Å²) in [5.74, 6) is -0.177. The van der Waals surface area contributed by atoms with Gasteiger partial charge in [0.25, 0.3) is 5.91 Å². The van der Waals surface area contributed by atoms with E-state index in [0.29, 0.717) is 18.0 Å². The van der Waals surface area contributed by atoms with Gasteiger partial charge in [0, 0.05) is 6.04 Å². The lowest BCUT2D eigenvalue weighted by Crippen LogP contribution is -2.26. The number of carbonyl (C=O) groups excluding carboxylic acids is 1. The van der Waals surface area contributed by atoms with Crippen molar-refractivity contribution >= 4 is 33.2 Å². The van der Waals surface area contributed by atoms with Crippen molar-refractivity contribution in [3.8, 4) is 5.75 Å². The number of nitrogens with zero attached hydrogens (tertiary/aromatic N) is 2. The van der Waals surface area contributed by atoms with Crippen LogP contribution in [0.4, 0.5) is 5.69 Å². The number of hydrogen-bond acceptors (Lipinski definition) is 5. The molecule has 2 N–H and O–H groups in total. The van der Waals surface area contributed by atoms with Crippen LogP contribution in [0.1, 0.15) is 34.5 Å². The zero-order valence-corrected chi connectivity index (χ0v) is 19.2. The van der Waals surface area contributed by atoms with Crippen molar-refractivity contribution in [2.45, 2.75) is 37.2 Å². The Kier molecular flexibility index (Phi) is 6.23. The molecule has 2 aromatic carbocycles. The van der Waals surface area contributed by atoms with Gasteiger partial charge in [0.2, 0.25) is 10.0 Å². The molecule has 1 amide bonds. The number of aryl methyl sites for hydroxylation is 1. The first kappa shape index (κ1) is 22.3. The topological polar surface area (TPSA) is 102 Å². The van der Waals surface area contributed by atoms with Crippen molar-refractivity contribution in [1.82, 2.24) is 14.5 Å². The van der Waals surface area contributed by atoms with Crippen LogP contribution in [0, 0.1) is 6.92 Å². The first-order chi connectivity index (χ1) is 15.3. The Morgan fingerprint density at radius 1 is 1.22 bits per heavy atom. The lowest BCUT2D eigenvalue weighted by Gasteiger charge is -2.13. The smallest absolute Gasteiger partial charge is 0.260 e. The third-order valence-electron chi connectivity index (χ3n) is 5.10. The van der Waals surface area contributed by atoms with Gasteiger partial charge in [0.05, 0.1) is 35.5 Å². The number of ether oxygens (including phenoxy) is 1. The van der Waals surface area contributed by atoms with Crippen LogP contribution in [0.5, 0.6) is 5.75 Å². The predicted octanol–water partition coefficient (Wildman–Crippen LogP) is 3.59. The van der Waals surface area contributed by atoms with Crippen molar-refractivity contribution in [1.29, 1.82) is 0 Å². The van der Waals surface area contributed by atoms with E-state index in [9.17, 15) is 13.2 Å². The lowest BCUT2D eigenvalue weighted by molar-refractivity contribution is 0.102. The number of hydrogen-bond donors (Lipinski definition) is 2. The number of rotatable bonds is 8. The van der Waals surface area contributed by atoms with E-state index in [1.165, 1.54) is 25.3 Å². The number of methoxy groups -OCH3 is 1. The number of nitrogens with one attached hydrogen (secondary N) is 2. The monoisotopic (exact) mass is 474 g/mol. The van der Waals surface area contributed by atoms with Crippen molar-refractivity contribution in [3.05, 3.63) is 70.5 Å². The van der Waals surface area contributed by atoms with Crippen LogP contribution in [0.15, 0.2) is 53.4 Å². The maximum Gasteiger partial charge on any atom is 0.260 e. The van der Waals surface area contributed by atoms with E-state index in [4.69, 9.17) is 16.3 Å².